The van der Waals surface area contributed by atoms with Crippen LogP contribution in [0.5, 0.6) is 0 Å². The van der Waals surface area contributed by atoms with Crippen molar-refractivity contribution < 1.29 is 4.79 Å². The van der Waals surface area contributed by atoms with Crippen LogP contribution in [-0.2, 0) is 4.79 Å². The lowest BCUT2D eigenvalue weighted by Crippen LogP contribution is -2.54. The highest BCUT2D eigenvalue weighted by Crippen LogP contribution is 2.39. The Bertz CT molecular complexity index is 381. The van der Waals surface area contributed by atoms with E-state index in [1.165, 1.54) is 38.5 Å². The van der Waals surface area contributed by atoms with Gasteiger partial charge in [0.25, 0.3) is 0 Å². The maximum absolute atomic E-state index is 13.1. The first kappa shape index (κ1) is 15.3. The van der Waals surface area contributed by atoms with E-state index < -0.39 is 0 Å². The van der Waals surface area contributed by atoms with E-state index in [1.54, 1.807) is 0 Å². The summed E-state index contributed by atoms with van der Waals surface area (Å²) < 4.78 is 0. The van der Waals surface area contributed by atoms with Gasteiger partial charge in [0.2, 0.25) is 5.91 Å². The number of rotatable bonds is 1. The van der Waals surface area contributed by atoms with Gasteiger partial charge in [-0.2, -0.15) is 0 Å². The highest BCUT2D eigenvalue weighted by atomic mass is 16.2. The predicted octanol–water partition coefficient (Wildman–Crippen LogP) is 3.18. The van der Waals surface area contributed by atoms with Crippen LogP contribution in [0.2, 0.25) is 0 Å². The maximum Gasteiger partial charge on any atom is 0.226 e. The third-order valence-electron chi connectivity index (χ3n) is 6.53. The number of carbonyl (C=O) groups is 1. The van der Waals surface area contributed by atoms with E-state index in [9.17, 15) is 4.79 Å². The molecule has 4 unspecified atom stereocenters. The Morgan fingerprint density at radius 2 is 1.71 bits per heavy atom. The van der Waals surface area contributed by atoms with Crippen LogP contribution in [0.15, 0.2) is 0 Å². The molecule has 6 atom stereocenters. The Hall–Kier alpha value is -0.570. The predicted molar refractivity (Wildman–Crippen MR) is 85.7 cm³/mol. The Balaban J connectivity index is 1.71. The molecule has 3 fully saturated rings. The summed E-state index contributed by atoms with van der Waals surface area (Å²) in [6.45, 7) is 5.49. The molecule has 0 aromatic heterocycles. The van der Waals surface area contributed by atoms with Gasteiger partial charge < -0.3 is 10.6 Å². The molecule has 0 spiro atoms. The van der Waals surface area contributed by atoms with Crippen molar-refractivity contribution >= 4 is 5.91 Å². The van der Waals surface area contributed by atoms with Crippen molar-refractivity contribution in [2.24, 2.45) is 29.4 Å². The van der Waals surface area contributed by atoms with Crippen molar-refractivity contribution in [1.29, 1.82) is 0 Å². The molecule has 0 aromatic rings. The number of hydrogen-bond donors (Lipinski definition) is 1. The van der Waals surface area contributed by atoms with Crippen LogP contribution < -0.4 is 5.73 Å². The zero-order valence-corrected chi connectivity index (χ0v) is 13.8. The van der Waals surface area contributed by atoms with Crippen molar-refractivity contribution in [3.63, 3.8) is 0 Å². The Morgan fingerprint density at radius 3 is 2.52 bits per heavy atom. The first-order valence-electron chi connectivity index (χ1n) is 9.14. The molecule has 2 aliphatic carbocycles. The molecule has 1 amide bonds. The average molecular weight is 292 g/mol. The van der Waals surface area contributed by atoms with Crippen molar-refractivity contribution in [3.05, 3.63) is 0 Å². The number of likely N-dealkylation sites (tertiary alicyclic amines) is 1. The Labute approximate surface area is 129 Å². The zero-order chi connectivity index (χ0) is 15.0. The summed E-state index contributed by atoms with van der Waals surface area (Å²) in [7, 11) is 0. The van der Waals surface area contributed by atoms with E-state index in [0.717, 1.165) is 25.3 Å². The summed E-state index contributed by atoms with van der Waals surface area (Å²) in [4.78, 5) is 15.4. The highest BCUT2D eigenvalue weighted by molar-refractivity contribution is 5.80. The van der Waals surface area contributed by atoms with Crippen LogP contribution in [0.4, 0.5) is 0 Å². The molecule has 21 heavy (non-hydrogen) atoms. The van der Waals surface area contributed by atoms with Crippen molar-refractivity contribution in [1.82, 2.24) is 4.90 Å². The molecule has 2 saturated carbocycles. The molecule has 3 nitrogen and oxygen atoms in total. The van der Waals surface area contributed by atoms with Crippen LogP contribution in [0, 0.1) is 23.7 Å². The summed E-state index contributed by atoms with van der Waals surface area (Å²) in [5, 5.41) is 0. The van der Waals surface area contributed by atoms with Gasteiger partial charge in [0.05, 0.1) is 0 Å². The smallest absolute Gasteiger partial charge is 0.226 e. The summed E-state index contributed by atoms with van der Waals surface area (Å²) >= 11 is 0. The molecule has 1 saturated heterocycles. The summed E-state index contributed by atoms with van der Waals surface area (Å²) in [5.74, 6) is 2.45. The van der Waals surface area contributed by atoms with E-state index in [4.69, 9.17) is 5.73 Å². The van der Waals surface area contributed by atoms with Crippen LogP contribution in [-0.4, -0.2) is 29.4 Å². The van der Waals surface area contributed by atoms with Crippen molar-refractivity contribution in [2.75, 3.05) is 6.54 Å². The van der Waals surface area contributed by atoms with E-state index in [0.29, 0.717) is 23.8 Å². The number of fused-ring (bicyclic) bond motifs is 1. The minimum Gasteiger partial charge on any atom is -0.339 e. The van der Waals surface area contributed by atoms with Crippen LogP contribution in [0.1, 0.15) is 65.2 Å². The van der Waals surface area contributed by atoms with Gasteiger partial charge in [-0.05, 0) is 56.3 Å². The number of nitrogens with two attached hydrogens (primary N) is 1. The molecule has 120 valence electrons. The first-order chi connectivity index (χ1) is 10.1. The fourth-order valence-electron chi connectivity index (χ4n) is 5.14. The van der Waals surface area contributed by atoms with Crippen molar-refractivity contribution in [3.8, 4) is 0 Å². The van der Waals surface area contributed by atoms with E-state index in [-0.39, 0.29) is 12.0 Å². The van der Waals surface area contributed by atoms with Gasteiger partial charge in [-0.1, -0.05) is 26.7 Å². The lowest BCUT2D eigenvalue weighted by molar-refractivity contribution is -0.145. The third kappa shape index (κ3) is 2.99. The normalized spacial score (nSPS) is 44.2. The minimum atomic E-state index is 0.178. The van der Waals surface area contributed by atoms with Gasteiger partial charge in [0.1, 0.15) is 0 Å². The van der Waals surface area contributed by atoms with Gasteiger partial charge in [-0.25, -0.2) is 0 Å². The molecule has 1 aliphatic heterocycles. The van der Waals surface area contributed by atoms with Crippen molar-refractivity contribution in [2.45, 2.75) is 77.3 Å². The lowest BCUT2D eigenvalue weighted by atomic mass is 9.71. The molecular weight excluding hydrogens is 260 g/mol. The second-order valence-electron chi connectivity index (χ2n) is 7.98. The molecular formula is C18H32N2O. The fraction of sp³-hybridized carbons (Fsp3) is 0.944. The lowest BCUT2D eigenvalue weighted by Gasteiger charge is -2.47. The molecule has 1 heterocycles. The van der Waals surface area contributed by atoms with Gasteiger partial charge in [-0.15, -0.1) is 0 Å². The second-order valence-corrected chi connectivity index (χ2v) is 7.98. The van der Waals surface area contributed by atoms with E-state index in [2.05, 4.69) is 18.7 Å². The molecule has 0 bridgehead atoms. The zero-order valence-electron chi connectivity index (χ0n) is 13.8. The molecule has 3 aliphatic rings. The van der Waals surface area contributed by atoms with Crippen LogP contribution in [0.3, 0.4) is 0 Å². The highest BCUT2D eigenvalue weighted by Gasteiger charge is 2.42. The van der Waals surface area contributed by atoms with Gasteiger partial charge in [0.15, 0.2) is 0 Å². The Morgan fingerprint density at radius 1 is 1.00 bits per heavy atom. The van der Waals surface area contributed by atoms with Gasteiger partial charge in [-0.3, -0.25) is 4.79 Å². The number of hydrogen-bond acceptors (Lipinski definition) is 2. The maximum atomic E-state index is 13.1. The standard InChI is InChI=1S/C18H32N2O/c1-12-10-13(2)16(19)11-15(12)18(21)20-9-5-7-14-6-3-4-8-17(14)20/h12-17H,3-11,19H2,1-2H3/t12?,13?,14-,15?,16?,17-/m1/s1. The number of piperidine rings is 1. The number of carbonyl (C=O) groups excluding carboxylic acids is 1. The molecule has 3 rings (SSSR count). The monoisotopic (exact) mass is 292 g/mol. The fourth-order valence-corrected chi connectivity index (χ4v) is 5.14. The number of amides is 1. The summed E-state index contributed by atoms with van der Waals surface area (Å²) in [6.07, 6.45) is 9.80. The molecule has 0 aromatic carbocycles. The average Bonchev–Trinajstić information content (AvgIpc) is 2.49. The third-order valence-corrected chi connectivity index (χ3v) is 6.53. The van der Waals surface area contributed by atoms with Gasteiger partial charge in [0, 0.05) is 24.5 Å². The molecule has 0 radical (unpaired) electrons. The largest absolute Gasteiger partial charge is 0.339 e. The topological polar surface area (TPSA) is 46.3 Å². The SMILES string of the molecule is CC1CC(C)C(C(=O)N2CCC[C@H]3CCCC[C@H]32)CC1N. The second kappa shape index (κ2) is 6.28. The quantitative estimate of drug-likeness (QED) is 0.807. The molecule has 3 heteroatoms. The van der Waals surface area contributed by atoms with E-state index in [1.807, 2.05) is 0 Å². The summed E-state index contributed by atoms with van der Waals surface area (Å²) in [5.41, 5.74) is 6.26. The molecule has 2 N–H and O–H groups in total. The first-order valence-corrected chi connectivity index (χ1v) is 9.14. The van der Waals surface area contributed by atoms with Gasteiger partial charge >= 0.3 is 0 Å². The van der Waals surface area contributed by atoms with Crippen LogP contribution >= 0.6 is 0 Å². The van der Waals surface area contributed by atoms with Crippen LogP contribution in [0.25, 0.3) is 0 Å². The Kier molecular flexibility index (Phi) is 4.58. The van der Waals surface area contributed by atoms with E-state index >= 15 is 0 Å². The summed E-state index contributed by atoms with van der Waals surface area (Å²) in [6, 6.07) is 0.755. The minimum absolute atomic E-state index is 0.178. The number of nitrogens with zero attached hydrogens (tertiary/aromatic N) is 1.